The van der Waals surface area contributed by atoms with Gasteiger partial charge in [0, 0.05) is 12.2 Å². The van der Waals surface area contributed by atoms with E-state index >= 15 is 0 Å². The number of hydrogen-bond donors (Lipinski definition) is 0. The highest BCUT2D eigenvalue weighted by Gasteiger charge is 2.13. The maximum atomic E-state index is 11.6. The molecule has 0 bridgehead atoms. The smallest absolute Gasteiger partial charge is 0.351 e. The van der Waals surface area contributed by atoms with Gasteiger partial charge in [0.1, 0.15) is 5.75 Å². The number of rotatable bonds is 7. The number of ether oxygens (including phenoxy) is 4. The van der Waals surface area contributed by atoms with Gasteiger partial charge in [-0.25, -0.2) is 14.4 Å². The molecule has 0 aromatic heterocycles. The van der Waals surface area contributed by atoms with Crippen LogP contribution in [0.15, 0.2) is 36.4 Å². The van der Waals surface area contributed by atoms with Crippen molar-refractivity contribution < 1.29 is 38.1 Å². The first-order chi connectivity index (χ1) is 11.4. The normalized spacial score (nSPS) is 10.1. The summed E-state index contributed by atoms with van der Waals surface area (Å²) < 4.78 is 18.3. The van der Waals surface area contributed by atoms with Crippen LogP contribution in [0.25, 0.3) is 0 Å². The number of hydrogen-bond acceptors (Lipinski definition) is 8. The molecule has 1 aromatic rings. The molecule has 0 fully saturated rings. The predicted molar refractivity (Wildman–Crippen MR) is 79.9 cm³/mol. The van der Waals surface area contributed by atoms with Crippen molar-refractivity contribution in [1.82, 2.24) is 0 Å². The Morgan fingerprint density at radius 2 is 1.54 bits per heavy atom. The molecule has 0 aliphatic carbocycles. The zero-order valence-corrected chi connectivity index (χ0v) is 13.1. The number of carbonyl (C=O) groups is 4. The Hall–Kier alpha value is -3.16. The Labute approximate surface area is 137 Å². The summed E-state index contributed by atoms with van der Waals surface area (Å²) in [7, 11) is 2.66. The minimum Gasteiger partial charge on any atom is -0.497 e. The highest BCUT2D eigenvalue weighted by Crippen LogP contribution is 2.12. The Balaban J connectivity index is 2.35. The van der Waals surface area contributed by atoms with E-state index < -0.39 is 30.5 Å². The minimum atomic E-state index is -1.02. The molecule has 1 aromatic carbocycles. The van der Waals surface area contributed by atoms with E-state index in [4.69, 9.17) is 4.74 Å². The first kappa shape index (κ1) is 18.9. The van der Waals surface area contributed by atoms with Gasteiger partial charge < -0.3 is 18.9 Å². The topological polar surface area (TPSA) is 105 Å². The third-order valence-corrected chi connectivity index (χ3v) is 2.62. The molecule has 0 saturated heterocycles. The molecule has 0 atom stereocenters. The van der Waals surface area contributed by atoms with Crippen molar-refractivity contribution in [2.24, 2.45) is 0 Å². The van der Waals surface area contributed by atoms with E-state index in [1.807, 2.05) is 0 Å². The van der Waals surface area contributed by atoms with E-state index in [1.165, 1.54) is 7.11 Å². The summed E-state index contributed by atoms with van der Waals surface area (Å²) in [5, 5.41) is 0. The van der Waals surface area contributed by atoms with Crippen molar-refractivity contribution in [1.29, 1.82) is 0 Å². The van der Waals surface area contributed by atoms with Crippen LogP contribution in [-0.2, 0) is 39.8 Å². The van der Waals surface area contributed by atoms with Gasteiger partial charge in [-0.2, -0.15) is 0 Å². The van der Waals surface area contributed by atoms with Crippen LogP contribution >= 0.6 is 0 Å². The second kappa shape index (κ2) is 9.78. The van der Waals surface area contributed by atoms with Gasteiger partial charge in [-0.3, -0.25) is 4.79 Å². The van der Waals surface area contributed by atoms with Gasteiger partial charge in [0.25, 0.3) is 0 Å². The number of carbonyl (C=O) groups excluding carboxylic acids is 4. The average molecular weight is 336 g/mol. The zero-order chi connectivity index (χ0) is 17.9. The lowest BCUT2D eigenvalue weighted by Gasteiger charge is -2.04. The van der Waals surface area contributed by atoms with Crippen LogP contribution in [0.3, 0.4) is 0 Å². The fourth-order valence-corrected chi connectivity index (χ4v) is 1.48. The van der Waals surface area contributed by atoms with Crippen molar-refractivity contribution in [3.63, 3.8) is 0 Å². The molecule has 8 nitrogen and oxygen atoms in total. The maximum absolute atomic E-state index is 11.6. The van der Waals surface area contributed by atoms with Crippen molar-refractivity contribution >= 4 is 23.9 Å². The van der Waals surface area contributed by atoms with Crippen molar-refractivity contribution in [3.8, 4) is 5.75 Å². The second-order valence-electron chi connectivity index (χ2n) is 4.34. The summed E-state index contributed by atoms with van der Waals surface area (Å²) in [5.41, 5.74) is 0.631. The monoisotopic (exact) mass is 336 g/mol. The molecule has 0 amide bonds. The van der Waals surface area contributed by atoms with Gasteiger partial charge in [0.15, 0.2) is 6.61 Å². The SMILES string of the molecule is COC(=O)C=CC(=O)OCC(=O)OC(=O)Cc1ccc(OC)cc1. The highest BCUT2D eigenvalue weighted by molar-refractivity contribution is 5.93. The molecule has 0 unspecified atom stereocenters. The van der Waals surface area contributed by atoms with E-state index in [0.717, 1.165) is 19.3 Å². The van der Waals surface area contributed by atoms with Crippen LogP contribution in [0, 0.1) is 0 Å². The first-order valence-corrected chi connectivity index (χ1v) is 6.74. The molecule has 0 aliphatic rings. The lowest BCUT2D eigenvalue weighted by Crippen LogP contribution is -2.20. The Morgan fingerprint density at radius 3 is 2.12 bits per heavy atom. The van der Waals surface area contributed by atoms with Crippen LogP contribution in [0.5, 0.6) is 5.75 Å². The number of methoxy groups -OCH3 is 2. The van der Waals surface area contributed by atoms with Gasteiger partial charge in [-0.1, -0.05) is 12.1 Å². The molecule has 0 radical (unpaired) electrons. The van der Waals surface area contributed by atoms with E-state index in [9.17, 15) is 19.2 Å². The summed E-state index contributed by atoms with van der Waals surface area (Å²) in [4.78, 5) is 44.9. The van der Waals surface area contributed by atoms with Crippen molar-refractivity contribution in [2.45, 2.75) is 6.42 Å². The summed E-state index contributed by atoms with van der Waals surface area (Å²) >= 11 is 0. The summed E-state index contributed by atoms with van der Waals surface area (Å²) in [6, 6.07) is 6.64. The third kappa shape index (κ3) is 7.21. The molecule has 1 rings (SSSR count). The van der Waals surface area contributed by atoms with Crippen LogP contribution in [0.4, 0.5) is 0 Å². The largest absolute Gasteiger partial charge is 0.497 e. The molecule has 0 saturated carbocycles. The van der Waals surface area contributed by atoms with Gasteiger partial charge >= 0.3 is 23.9 Å². The zero-order valence-electron chi connectivity index (χ0n) is 13.1. The predicted octanol–water partition coefficient (Wildman–Crippen LogP) is 0.580. The number of benzene rings is 1. The minimum absolute atomic E-state index is 0.119. The van der Waals surface area contributed by atoms with Crippen LogP contribution in [0.2, 0.25) is 0 Å². The molecule has 0 spiro atoms. The van der Waals surface area contributed by atoms with Gasteiger partial charge in [0.2, 0.25) is 0 Å². The third-order valence-electron chi connectivity index (χ3n) is 2.62. The summed E-state index contributed by atoms with van der Waals surface area (Å²) in [6.45, 7) is -0.751. The lowest BCUT2D eigenvalue weighted by molar-refractivity contribution is -0.165. The standard InChI is InChI=1S/C16H16O8/c1-21-12-5-3-11(4-6-12)9-15(19)24-16(20)10-23-14(18)8-7-13(17)22-2/h3-8H,9-10H2,1-2H3. The molecular formula is C16H16O8. The van der Waals surface area contributed by atoms with Gasteiger partial charge in [-0.05, 0) is 17.7 Å². The molecule has 24 heavy (non-hydrogen) atoms. The maximum Gasteiger partial charge on any atom is 0.351 e. The van der Waals surface area contributed by atoms with Crippen molar-refractivity contribution in [2.75, 3.05) is 20.8 Å². The molecular weight excluding hydrogens is 320 g/mol. The molecule has 0 N–H and O–H groups in total. The average Bonchev–Trinajstić information content (AvgIpc) is 2.58. The molecule has 128 valence electrons. The lowest BCUT2D eigenvalue weighted by atomic mass is 10.1. The fraction of sp³-hybridized carbons (Fsp3) is 0.250. The Bertz CT molecular complexity index is 630. The van der Waals surface area contributed by atoms with Crippen LogP contribution in [-0.4, -0.2) is 44.7 Å². The van der Waals surface area contributed by atoms with Crippen molar-refractivity contribution in [3.05, 3.63) is 42.0 Å². The molecule has 0 aliphatic heterocycles. The molecule has 8 heteroatoms. The second-order valence-corrected chi connectivity index (χ2v) is 4.34. The first-order valence-electron chi connectivity index (χ1n) is 6.74. The summed E-state index contributed by atoms with van der Waals surface area (Å²) in [5.74, 6) is -2.86. The quantitative estimate of drug-likeness (QED) is 0.308. The van der Waals surface area contributed by atoms with E-state index in [0.29, 0.717) is 11.3 Å². The van der Waals surface area contributed by atoms with Crippen LogP contribution < -0.4 is 4.74 Å². The Morgan fingerprint density at radius 1 is 0.917 bits per heavy atom. The Kier molecular flexibility index (Phi) is 7.69. The van der Waals surface area contributed by atoms with Gasteiger partial charge in [0.05, 0.1) is 20.6 Å². The number of esters is 4. The van der Waals surface area contributed by atoms with E-state index in [-0.39, 0.29) is 6.42 Å². The van der Waals surface area contributed by atoms with Gasteiger partial charge in [-0.15, -0.1) is 0 Å². The fourth-order valence-electron chi connectivity index (χ4n) is 1.48. The van der Waals surface area contributed by atoms with E-state index in [2.05, 4.69) is 14.2 Å². The van der Waals surface area contributed by atoms with Crippen LogP contribution in [0.1, 0.15) is 5.56 Å². The highest BCUT2D eigenvalue weighted by atomic mass is 16.6. The molecule has 0 heterocycles. The van der Waals surface area contributed by atoms with E-state index in [1.54, 1.807) is 24.3 Å². The summed E-state index contributed by atoms with van der Waals surface area (Å²) in [6.07, 6.45) is 1.51.